The second kappa shape index (κ2) is 3.78. The van der Waals surface area contributed by atoms with Gasteiger partial charge in [-0.15, -0.1) is 0 Å². The minimum Gasteiger partial charge on any atom is -0.456 e. The molecule has 3 aromatic rings. The first-order valence-electron chi connectivity index (χ1n) is 4.98. The van der Waals surface area contributed by atoms with Crippen LogP contribution in [0.4, 0.5) is 0 Å². The summed E-state index contributed by atoms with van der Waals surface area (Å²) in [6.45, 7) is 0. The lowest BCUT2D eigenvalue weighted by atomic mass is 10.1. The number of benzene rings is 2. The zero-order valence-corrected chi connectivity index (χ0v) is 9.52. The summed E-state index contributed by atoms with van der Waals surface area (Å²) >= 11 is 0. The first-order valence-corrected chi connectivity index (χ1v) is 6.07. The van der Waals surface area contributed by atoms with Gasteiger partial charge in [0.2, 0.25) is 0 Å². The van der Waals surface area contributed by atoms with E-state index in [1.165, 1.54) is 0 Å². The highest BCUT2D eigenvalue weighted by atomic mass is 32.2. The molecule has 0 aliphatic rings. The third-order valence-electron chi connectivity index (χ3n) is 2.53. The van der Waals surface area contributed by atoms with Gasteiger partial charge in [-0.25, -0.2) is 0 Å². The van der Waals surface area contributed by atoms with Crippen LogP contribution in [0.1, 0.15) is 0 Å². The highest BCUT2D eigenvalue weighted by Gasteiger charge is 2.07. The van der Waals surface area contributed by atoms with E-state index in [0.717, 1.165) is 16.4 Å². The van der Waals surface area contributed by atoms with Gasteiger partial charge in [-0.05, 0) is 24.3 Å². The smallest absolute Gasteiger partial charge is 0.299 e. The molecule has 0 N–H and O–H groups in total. The van der Waals surface area contributed by atoms with Crippen molar-refractivity contribution in [2.45, 2.75) is 0 Å². The van der Waals surface area contributed by atoms with E-state index in [1.807, 2.05) is 24.3 Å². The number of fused-ring (bicyclic) bond motifs is 3. The third-order valence-corrected chi connectivity index (χ3v) is 2.89. The van der Waals surface area contributed by atoms with E-state index in [2.05, 4.69) is 4.18 Å². The maximum atomic E-state index is 10.5. The molecule has 0 fully saturated rings. The Bertz CT molecular complexity index is 762. The highest BCUT2D eigenvalue weighted by Crippen LogP contribution is 2.31. The molecule has 1 heterocycles. The lowest BCUT2D eigenvalue weighted by Crippen LogP contribution is -1.88. The first kappa shape index (κ1) is 10.2. The quantitative estimate of drug-likeness (QED) is 0.708. The van der Waals surface area contributed by atoms with Gasteiger partial charge in [-0.3, -0.25) is 0 Å². The fourth-order valence-electron chi connectivity index (χ4n) is 1.85. The van der Waals surface area contributed by atoms with Gasteiger partial charge in [0.15, 0.2) is 0 Å². The molecule has 0 bridgehead atoms. The molecular formula is C12H8O4S. The van der Waals surface area contributed by atoms with Crippen LogP contribution in [0.25, 0.3) is 21.9 Å². The van der Waals surface area contributed by atoms with Crippen molar-refractivity contribution < 1.29 is 17.0 Å². The van der Waals surface area contributed by atoms with E-state index in [4.69, 9.17) is 4.42 Å². The van der Waals surface area contributed by atoms with E-state index < -0.39 is 11.0 Å². The van der Waals surface area contributed by atoms with Crippen molar-refractivity contribution >= 4 is 32.9 Å². The van der Waals surface area contributed by atoms with Gasteiger partial charge in [-0.2, -0.15) is 8.42 Å². The summed E-state index contributed by atoms with van der Waals surface area (Å²) in [4.78, 5) is 0. The lowest BCUT2D eigenvalue weighted by molar-refractivity contribution is 0.511. The minimum absolute atomic E-state index is 0.292. The average Bonchev–Trinajstić information content (AvgIpc) is 2.66. The first-order chi connectivity index (χ1) is 8.24. The van der Waals surface area contributed by atoms with Gasteiger partial charge in [0.25, 0.3) is 11.0 Å². The monoisotopic (exact) mass is 248 g/mol. The van der Waals surface area contributed by atoms with E-state index in [9.17, 15) is 8.42 Å². The van der Waals surface area contributed by atoms with Crippen LogP contribution in [-0.2, 0) is 11.0 Å². The second-order valence-electron chi connectivity index (χ2n) is 3.57. The maximum Gasteiger partial charge on any atom is 0.299 e. The summed E-state index contributed by atoms with van der Waals surface area (Å²) in [5, 5.41) is 1.78. The molecule has 2 aromatic carbocycles. The molecule has 86 valence electrons. The number of furan rings is 1. The molecule has 0 radical (unpaired) electrons. The molecule has 1 aromatic heterocycles. The van der Waals surface area contributed by atoms with Gasteiger partial charge in [0.05, 0.1) is 0 Å². The Balaban J connectivity index is 2.29. The average molecular weight is 248 g/mol. The Morgan fingerprint density at radius 3 is 2.53 bits per heavy atom. The largest absolute Gasteiger partial charge is 0.456 e. The summed E-state index contributed by atoms with van der Waals surface area (Å²) in [5.41, 5.74) is 1.48. The molecule has 17 heavy (non-hydrogen) atoms. The predicted octanol–water partition coefficient (Wildman–Crippen LogP) is 2.49. The van der Waals surface area contributed by atoms with E-state index in [0.29, 0.717) is 11.3 Å². The summed E-state index contributed by atoms with van der Waals surface area (Å²) < 4.78 is 31.3. The topological polar surface area (TPSA) is 56.5 Å². The Morgan fingerprint density at radius 2 is 1.71 bits per heavy atom. The number of hydrogen-bond acceptors (Lipinski definition) is 4. The van der Waals surface area contributed by atoms with Crippen molar-refractivity contribution in [2.24, 2.45) is 0 Å². The van der Waals surface area contributed by atoms with E-state index in [-0.39, 0.29) is 0 Å². The molecule has 4 nitrogen and oxygen atoms in total. The van der Waals surface area contributed by atoms with Crippen molar-refractivity contribution in [3.8, 4) is 5.75 Å². The number of para-hydroxylation sites is 1. The van der Waals surface area contributed by atoms with Crippen molar-refractivity contribution in [2.75, 3.05) is 0 Å². The predicted molar refractivity (Wildman–Crippen MR) is 64.7 cm³/mol. The molecule has 0 amide bonds. The molecule has 0 spiro atoms. The van der Waals surface area contributed by atoms with Gasteiger partial charge in [0, 0.05) is 10.8 Å². The molecule has 5 heteroatoms. The van der Waals surface area contributed by atoms with Crippen molar-refractivity contribution in [3.63, 3.8) is 0 Å². The van der Waals surface area contributed by atoms with Crippen LogP contribution >= 0.6 is 0 Å². The van der Waals surface area contributed by atoms with Crippen molar-refractivity contribution in [3.05, 3.63) is 42.5 Å². The molecule has 0 atom stereocenters. The van der Waals surface area contributed by atoms with Crippen LogP contribution in [0.2, 0.25) is 0 Å². The van der Waals surface area contributed by atoms with E-state index >= 15 is 0 Å². The Labute approximate surface area is 98.6 Å². The molecule has 0 aliphatic carbocycles. The summed E-state index contributed by atoms with van der Waals surface area (Å²) in [6, 6.07) is 12.5. The standard InChI is InChI=1S/C12H8O4S/c13-17(14)16-8-5-6-12-10(7-8)9-3-1-2-4-11(9)15-12/h1-7,17H. The lowest BCUT2D eigenvalue weighted by Gasteiger charge is -1.96. The SMILES string of the molecule is O=[SH](=O)Oc1ccc2oc3ccccc3c2c1. The van der Waals surface area contributed by atoms with Crippen LogP contribution in [0.5, 0.6) is 5.75 Å². The highest BCUT2D eigenvalue weighted by molar-refractivity contribution is 7.67. The normalized spacial score (nSPS) is 11.4. The van der Waals surface area contributed by atoms with Crippen LogP contribution in [-0.4, -0.2) is 8.42 Å². The summed E-state index contributed by atoms with van der Waals surface area (Å²) in [6.07, 6.45) is 0. The third kappa shape index (κ3) is 1.74. The fourth-order valence-corrected chi connectivity index (χ4v) is 2.13. The molecule has 0 unspecified atom stereocenters. The Kier molecular flexibility index (Phi) is 2.26. The molecular weight excluding hydrogens is 240 g/mol. The number of thiol groups is 1. The van der Waals surface area contributed by atoms with Gasteiger partial charge >= 0.3 is 0 Å². The molecule has 3 rings (SSSR count). The Hall–Kier alpha value is -2.01. The maximum absolute atomic E-state index is 10.5. The Morgan fingerprint density at radius 1 is 0.941 bits per heavy atom. The van der Waals surface area contributed by atoms with Gasteiger partial charge in [0.1, 0.15) is 16.9 Å². The second-order valence-corrected chi connectivity index (χ2v) is 4.20. The van der Waals surface area contributed by atoms with Crippen molar-refractivity contribution in [1.29, 1.82) is 0 Å². The molecule has 0 aliphatic heterocycles. The van der Waals surface area contributed by atoms with Crippen LogP contribution in [0, 0.1) is 0 Å². The zero-order chi connectivity index (χ0) is 11.8. The number of hydrogen-bond donors (Lipinski definition) is 1. The van der Waals surface area contributed by atoms with E-state index in [1.54, 1.807) is 18.2 Å². The van der Waals surface area contributed by atoms with Crippen LogP contribution in [0.15, 0.2) is 46.9 Å². The number of rotatable bonds is 2. The molecule has 0 saturated carbocycles. The van der Waals surface area contributed by atoms with Crippen LogP contribution in [0.3, 0.4) is 0 Å². The molecule has 0 saturated heterocycles. The van der Waals surface area contributed by atoms with Crippen LogP contribution < -0.4 is 4.18 Å². The van der Waals surface area contributed by atoms with Gasteiger partial charge in [-0.1, -0.05) is 18.2 Å². The zero-order valence-electron chi connectivity index (χ0n) is 8.62. The fraction of sp³-hybridized carbons (Fsp3) is 0. The summed E-state index contributed by atoms with van der Waals surface area (Å²) in [7, 11) is -2.89. The van der Waals surface area contributed by atoms with Gasteiger partial charge < -0.3 is 8.60 Å². The van der Waals surface area contributed by atoms with Crippen molar-refractivity contribution in [1.82, 2.24) is 0 Å². The minimum atomic E-state index is -2.89. The summed E-state index contributed by atoms with van der Waals surface area (Å²) in [5.74, 6) is 0.292.